The van der Waals surface area contributed by atoms with Gasteiger partial charge in [-0.2, -0.15) is 0 Å². The maximum Gasteiger partial charge on any atom is 0.573 e. The second-order valence-electron chi connectivity index (χ2n) is 4.48. The van der Waals surface area contributed by atoms with Crippen molar-refractivity contribution in [1.29, 1.82) is 0 Å². The molecule has 2 aromatic carbocycles. The Kier molecular flexibility index (Phi) is 4.62. The van der Waals surface area contributed by atoms with Crippen LogP contribution in [-0.4, -0.2) is 12.1 Å². The molecule has 0 radical (unpaired) electrons. The van der Waals surface area contributed by atoms with Crippen LogP contribution in [0.5, 0.6) is 5.75 Å². The Morgan fingerprint density at radius 3 is 2.38 bits per heavy atom. The normalized spacial score (nSPS) is 11.2. The standard InChI is InChI=1S/C16H13F3O2/c17-16(18,19)21-14-8-4-5-12(11-14)9-10-15(20)13-6-2-1-3-7-13/h1-8,11H,9-10H2. The van der Waals surface area contributed by atoms with Crippen LogP contribution < -0.4 is 4.74 Å². The van der Waals surface area contributed by atoms with Crippen LogP contribution in [0.2, 0.25) is 0 Å². The predicted molar refractivity (Wildman–Crippen MR) is 72.2 cm³/mol. The second-order valence-corrected chi connectivity index (χ2v) is 4.48. The van der Waals surface area contributed by atoms with Gasteiger partial charge in [0.15, 0.2) is 5.78 Å². The third kappa shape index (κ3) is 4.95. The number of benzene rings is 2. The Bertz CT molecular complexity index is 606. The molecule has 0 atom stereocenters. The molecule has 2 aromatic rings. The summed E-state index contributed by atoms with van der Waals surface area (Å²) in [4.78, 5) is 11.9. The van der Waals surface area contributed by atoms with E-state index >= 15 is 0 Å². The molecule has 0 aliphatic carbocycles. The molecule has 0 aromatic heterocycles. The molecule has 110 valence electrons. The molecule has 0 heterocycles. The monoisotopic (exact) mass is 294 g/mol. The van der Waals surface area contributed by atoms with E-state index in [2.05, 4.69) is 4.74 Å². The van der Waals surface area contributed by atoms with E-state index in [9.17, 15) is 18.0 Å². The summed E-state index contributed by atoms with van der Waals surface area (Å²) in [7, 11) is 0. The summed E-state index contributed by atoms with van der Waals surface area (Å²) in [5, 5.41) is 0. The third-order valence-corrected chi connectivity index (χ3v) is 2.87. The molecule has 2 nitrogen and oxygen atoms in total. The first kappa shape index (κ1) is 15.1. The summed E-state index contributed by atoms with van der Waals surface area (Å²) >= 11 is 0. The summed E-state index contributed by atoms with van der Waals surface area (Å²) in [5.41, 5.74) is 1.22. The highest BCUT2D eigenvalue weighted by atomic mass is 19.4. The molecule has 0 spiro atoms. The maximum atomic E-state index is 12.1. The van der Waals surface area contributed by atoms with Crippen LogP contribution in [-0.2, 0) is 6.42 Å². The van der Waals surface area contributed by atoms with E-state index in [0.29, 0.717) is 17.5 Å². The lowest BCUT2D eigenvalue weighted by Crippen LogP contribution is -2.17. The number of carbonyl (C=O) groups is 1. The molecule has 0 aliphatic heterocycles. The van der Waals surface area contributed by atoms with Crippen LogP contribution in [0.15, 0.2) is 54.6 Å². The van der Waals surface area contributed by atoms with Crippen molar-refractivity contribution in [2.24, 2.45) is 0 Å². The summed E-state index contributed by atoms with van der Waals surface area (Å²) in [6.07, 6.45) is -4.11. The van der Waals surface area contributed by atoms with E-state index in [1.165, 1.54) is 18.2 Å². The van der Waals surface area contributed by atoms with Crippen LogP contribution in [0, 0.1) is 0 Å². The number of ketones is 1. The number of aryl methyl sites for hydroxylation is 1. The number of alkyl halides is 3. The van der Waals surface area contributed by atoms with Gasteiger partial charge in [0.25, 0.3) is 0 Å². The van der Waals surface area contributed by atoms with Crippen LogP contribution in [0.3, 0.4) is 0 Å². The first-order valence-electron chi connectivity index (χ1n) is 6.37. The zero-order chi connectivity index (χ0) is 15.3. The van der Waals surface area contributed by atoms with Gasteiger partial charge in [0, 0.05) is 12.0 Å². The molecule has 0 saturated heterocycles. The number of halogens is 3. The molecule has 0 aliphatic rings. The fourth-order valence-corrected chi connectivity index (χ4v) is 1.92. The zero-order valence-electron chi connectivity index (χ0n) is 11.1. The van der Waals surface area contributed by atoms with Gasteiger partial charge in [-0.25, -0.2) is 0 Å². The minimum absolute atomic E-state index is 0.0438. The van der Waals surface area contributed by atoms with Crippen molar-refractivity contribution in [2.45, 2.75) is 19.2 Å². The number of carbonyl (C=O) groups excluding carboxylic acids is 1. The first-order chi connectivity index (χ1) is 9.94. The number of Topliss-reactive ketones (excluding diaryl/α,β-unsaturated/α-hetero) is 1. The average Bonchev–Trinajstić information content (AvgIpc) is 2.44. The molecule has 21 heavy (non-hydrogen) atoms. The molecule has 0 saturated carbocycles. The lowest BCUT2D eigenvalue weighted by molar-refractivity contribution is -0.274. The smallest absolute Gasteiger partial charge is 0.406 e. The zero-order valence-corrected chi connectivity index (χ0v) is 11.1. The van der Waals surface area contributed by atoms with E-state index in [1.54, 1.807) is 30.3 Å². The Morgan fingerprint density at radius 2 is 1.71 bits per heavy atom. The fourth-order valence-electron chi connectivity index (χ4n) is 1.92. The van der Waals surface area contributed by atoms with Crippen molar-refractivity contribution in [3.05, 3.63) is 65.7 Å². The third-order valence-electron chi connectivity index (χ3n) is 2.87. The molecular formula is C16H13F3O2. The average molecular weight is 294 g/mol. The Balaban J connectivity index is 1.97. The van der Waals surface area contributed by atoms with Crippen molar-refractivity contribution in [3.63, 3.8) is 0 Å². The fraction of sp³-hybridized carbons (Fsp3) is 0.188. The Labute approximate surface area is 120 Å². The molecule has 5 heteroatoms. The highest BCUT2D eigenvalue weighted by Crippen LogP contribution is 2.23. The topological polar surface area (TPSA) is 26.3 Å². The van der Waals surface area contributed by atoms with Gasteiger partial charge in [0.2, 0.25) is 0 Å². The lowest BCUT2D eigenvalue weighted by Gasteiger charge is -2.10. The second kappa shape index (κ2) is 6.43. The van der Waals surface area contributed by atoms with Crippen molar-refractivity contribution in [2.75, 3.05) is 0 Å². The van der Waals surface area contributed by atoms with Crippen LogP contribution in [0.1, 0.15) is 22.3 Å². The van der Waals surface area contributed by atoms with Crippen molar-refractivity contribution in [3.8, 4) is 5.75 Å². The predicted octanol–water partition coefficient (Wildman–Crippen LogP) is 4.40. The molecule has 0 unspecified atom stereocenters. The number of hydrogen-bond acceptors (Lipinski definition) is 2. The van der Waals surface area contributed by atoms with E-state index in [4.69, 9.17) is 0 Å². The number of ether oxygens (including phenoxy) is 1. The van der Waals surface area contributed by atoms with Crippen LogP contribution in [0.4, 0.5) is 13.2 Å². The quantitative estimate of drug-likeness (QED) is 0.764. The molecule has 0 amide bonds. The van der Waals surface area contributed by atoms with Gasteiger partial charge in [0.1, 0.15) is 5.75 Å². The highest BCUT2D eigenvalue weighted by molar-refractivity contribution is 5.96. The summed E-state index contributed by atoms with van der Waals surface area (Å²) in [6, 6.07) is 14.5. The Morgan fingerprint density at radius 1 is 1.00 bits per heavy atom. The van der Waals surface area contributed by atoms with E-state index in [-0.39, 0.29) is 18.0 Å². The van der Waals surface area contributed by atoms with Crippen molar-refractivity contribution < 1.29 is 22.7 Å². The molecule has 0 bridgehead atoms. The minimum Gasteiger partial charge on any atom is -0.406 e. The van der Waals surface area contributed by atoms with E-state index < -0.39 is 6.36 Å². The first-order valence-corrected chi connectivity index (χ1v) is 6.37. The molecule has 0 fully saturated rings. The summed E-state index contributed by atoms with van der Waals surface area (Å²) < 4.78 is 40.2. The number of rotatable bonds is 5. The minimum atomic E-state index is -4.71. The lowest BCUT2D eigenvalue weighted by atomic mass is 10.0. The van der Waals surface area contributed by atoms with Crippen LogP contribution >= 0.6 is 0 Å². The van der Waals surface area contributed by atoms with E-state index in [0.717, 1.165) is 0 Å². The summed E-state index contributed by atoms with van der Waals surface area (Å²) in [6.45, 7) is 0. The van der Waals surface area contributed by atoms with Gasteiger partial charge in [-0.3, -0.25) is 4.79 Å². The Hall–Kier alpha value is -2.30. The van der Waals surface area contributed by atoms with Crippen molar-refractivity contribution in [1.82, 2.24) is 0 Å². The maximum absolute atomic E-state index is 12.1. The van der Waals surface area contributed by atoms with Crippen LogP contribution in [0.25, 0.3) is 0 Å². The molecule has 0 N–H and O–H groups in total. The van der Waals surface area contributed by atoms with Gasteiger partial charge in [-0.15, -0.1) is 13.2 Å². The summed E-state index contributed by atoms with van der Waals surface area (Å²) in [5.74, 6) is -0.315. The van der Waals surface area contributed by atoms with Gasteiger partial charge in [0.05, 0.1) is 0 Å². The van der Waals surface area contributed by atoms with Gasteiger partial charge < -0.3 is 4.74 Å². The van der Waals surface area contributed by atoms with Crippen molar-refractivity contribution >= 4 is 5.78 Å². The van der Waals surface area contributed by atoms with Gasteiger partial charge in [-0.05, 0) is 24.1 Å². The largest absolute Gasteiger partial charge is 0.573 e. The van der Waals surface area contributed by atoms with E-state index in [1.807, 2.05) is 6.07 Å². The number of hydrogen-bond donors (Lipinski definition) is 0. The van der Waals surface area contributed by atoms with Gasteiger partial charge >= 0.3 is 6.36 Å². The highest BCUT2D eigenvalue weighted by Gasteiger charge is 2.31. The molecule has 2 rings (SSSR count). The van der Waals surface area contributed by atoms with Gasteiger partial charge in [-0.1, -0.05) is 42.5 Å². The molecular weight excluding hydrogens is 281 g/mol. The SMILES string of the molecule is O=C(CCc1cccc(OC(F)(F)F)c1)c1ccccc1.